The molecule has 0 saturated heterocycles. The van der Waals surface area contributed by atoms with Crippen LogP contribution in [-0.2, 0) is 16.6 Å². The van der Waals surface area contributed by atoms with Crippen molar-refractivity contribution in [3.05, 3.63) is 49.9 Å². The Balaban J connectivity index is 1.50. The fourth-order valence-electron chi connectivity index (χ4n) is 5.28. The molecule has 4 rings (SSSR count). The number of hydrogen-bond acceptors (Lipinski definition) is 7. The molecule has 1 aromatic carbocycles. The Labute approximate surface area is 232 Å². The van der Waals surface area contributed by atoms with Gasteiger partial charge in [-0.2, -0.15) is 0 Å². The van der Waals surface area contributed by atoms with Gasteiger partial charge in [-0.3, -0.25) is 9.59 Å². The molecular weight excluding hydrogens is 550 g/mol. The van der Waals surface area contributed by atoms with Gasteiger partial charge in [0.15, 0.2) is 11.5 Å². The van der Waals surface area contributed by atoms with E-state index in [9.17, 15) is 18.0 Å². The van der Waals surface area contributed by atoms with Crippen LogP contribution in [0, 0.1) is 19.8 Å². The Bertz CT molecular complexity index is 1420. The van der Waals surface area contributed by atoms with Crippen LogP contribution in [0.3, 0.4) is 0 Å². The zero-order valence-corrected chi connectivity index (χ0v) is 24.8. The van der Waals surface area contributed by atoms with Crippen LogP contribution >= 0.6 is 23.4 Å². The minimum Gasteiger partial charge on any atom is -0.448 e. The topological polar surface area (TPSA) is 118 Å². The Morgan fingerprint density at radius 2 is 1.84 bits per heavy atom. The molecule has 0 spiro atoms. The average molecular weight is 584 g/mol. The van der Waals surface area contributed by atoms with Gasteiger partial charge in [0.25, 0.3) is 17.3 Å². The molecule has 2 aromatic rings. The summed E-state index contributed by atoms with van der Waals surface area (Å²) in [5.41, 5.74) is 1.95. The van der Waals surface area contributed by atoms with Crippen molar-refractivity contribution in [1.82, 2.24) is 14.6 Å². The fourth-order valence-corrected chi connectivity index (χ4v) is 6.97. The largest absolute Gasteiger partial charge is 0.448 e. The molecule has 2 aliphatic rings. The summed E-state index contributed by atoms with van der Waals surface area (Å²) in [5.74, 6) is -0.509. The number of pyridine rings is 1. The SMILES string of the molecule is CSc1cc(C)[nH]c(=O)c1CNC(=O)c1cc(Cl)c2c(c1C)OC(C)(C1CCC(N(C)S(C)(=O)=O)CC1)O2. The second-order valence-electron chi connectivity index (χ2n) is 10.2. The second kappa shape index (κ2) is 10.7. The van der Waals surface area contributed by atoms with Crippen molar-refractivity contribution in [2.45, 2.75) is 69.7 Å². The number of aromatic amines is 1. The monoisotopic (exact) mass is 583 g/mol. The number of carbonyl (C=O) groups is 1. The molecule has 1 fully saturated rings. The van der Waals surface area contributed by atoms with Crippen LogP contribution < -0.4 is 20.3 Å². The summed E-state index contributed by atoms with van der Waals surface area (Å²) in [6, 6.07) is 3.39. The van der Waals surface area contributed by atoms with Gasteiger partial charge in [-0.15, -0.1) is 11.8 Å². The second-order valence-corrected chi connectivity index (χ2v) is 13.5. The standard InChI is InChI=1S/C26H34ClN3O6S2/c1-14-11-21(37-5)19(25(32)29-14)13-28-24(31)18-12-20(27)23-22(15(18)2)35-26(3,36-23)16-7-9-17(10-8-16)30(4)38(6,33)34/h11-12,16-17H,7-10,13H2,1-6H3,(H,28,31)(H,29,32). The molecule has 1 atom stereocenters. The van der Waals surface area contributed by atoms with Gasteiger partial charge in [-0.05, 0) is 57.9 Å². The molecule has 2 N–H and O–H groups in total. The molecule has 1 unspecified atom stereocenters. The third-order valence-corrected chi connectivity index (χ3v) is 10.1. The molecule has 12 heteroatoms. The minimum absolute atomic E-state index is 0.0186. The van der Waals surface area contributed by atoms with Gasteiger partial charge >= 0.3 is 0 Å². The normalized spacial score (nSPS) is 23.1. The van der Waals surface area contributed by atoms with Crippen LogP contribution in [0.5, 0.6) is 11.5 Å². The Morgan fingerprint density at radius 3 is 2.45 bits per heavy atom. The van der Waals surface area contributed by atoms with Crippen LogP contribution in [0.1, 0.15) is 59.8 Å². The quantitative estimate of drug-likeness (QED) is 0.468. The van der Waals surface area contributed by atoms with E-state index in [1.54, 1.807) is 20.0 Å². The summed E-state index contributed by atoms with van der Waals surface area (Å²) in [6.07, 6.45) is 5.95. The first-order chi connectivity index (χ1) is 17.7. The number of amides is 1. The number of hydrogen-bond donors (Lipinski definition) is 2. The number of sulfonamides is 1. The van der Waals surface area contributed by atoms with Crippen LogP contribution in [0.25, 0.3) is 0 Å². The van der Waals surface area contributed by atoms with E-state index < -0.39 is 15.8 Å². The van der Waals surface area contributed by atoms with E-state index in [2.05, 4.69) is 10.3 Å². The summed E-state index contributed by atoms with van der Waals surface area (Å²) in [4.78, 5) is 29.2. The molecule has 9 nitrogen and oxygen atoms in total. The summed E-state index contributed by atoms with van der Waals surface area (Å²) in [7, 11) is -1.64. The number of ether oxygens (including phenoxy) is 2. The maximum absolute atomic E-state index is 13.2. The molecule has 208 valence electrons. The molecular formula is C26H34ClN3O6S2. The zero-order chi connectivity index (χ0) is 28.0. The first-order valence-corrected chi connectivity index (χ1v) is 15.9. The number of aryl methyl sites for hydroxylation is 1. The lowest BCUT2D eigenvalue weighted by atomic mass is 9.81. The van der Waals surface area contributed by atoms with E-state index in [4.69, 9.17) is 21.1 Å². The van der Waals surface area contributed by atoms with Crippen LogP contribution in [0.2, 0.25) is 5.02 Å². The molecule has 1 aliphatic heterocycles. The number of nitrogens with one attached hydrogen (secondary N) is 2. The Kier molecular flexibility index (Phi) is 8.14. The predicted octanol–water partition coefficient (Wildman–Crippen LogP) is 4.23. The Morgan fingerprint density at radius 1 is 1.21 bits per heavy atom. The molecule has 38 heavy (non-hydrogen) atoms. The van der Waals surface area contributed by atoms with Crippen molar-refractivity contribution in [3.8, 4) is 11.5 Å². The van der Waals surface area contributed by atoms with Crippen molar-refractivity contribution < 1.29 is 22.7 Å². The van der Waals surface area contributed by atoms with Gasteiger partial charge in [0.2, 0.25) is 10.0 Å². The molecule has 1 aromatic heterocycles. The molecule has 1 saturated carbocycles. The highest BCUT2D eigenvalue weighted by molar-refractivity contribution is 7.98. The molecule has 2 heterocycles. The number of fused-ring (bicyclic) bond motifs is 1. The van der Waals surface area contributed by atoms with Crippen molar-refractivity contribution in [1.29, 1.82) is 0 Å². The van der Waals surface area contributed by atoms with E-state index in [1.807, 2.05) is 26.2 Å². The van der Waals surface area contributed by atoms with Crippen LogP contribution in [-0.4, -0.2) is 55.0 Å². The average Bonchev–Trinajstić information content (AvgIpc) is 3.24. The first-order valence-electron chi connectivity index (χ1n) is 12.4. The number of halogens is 1. The maximum Gasteiger partial charge on any atom is 0.254 e. The van der Waals surface area contributed by atoms with E-state index >= 15 is 0 Å². The summed E-state index contributed by atoms with van der Waals surface area (Å²) < 4.78 is 37.9. The number of carbonyl (C=O) groups excluding carboxylic acids is 1. The van der Waals surface area contributed by atoms with Gasteiger partial charge in [0.1, 0.15) is 0 Å². The number of thioether (sulfide) groups is 1. The smallest absolute Gasteiger partial charge is 0.254 e. The highest BCUT2D eigenvalue weighted by Gasteiger charge is 2.48. The molecule has 1 amide bonds. The zero-order valence-electron chi connectivity index (χ0n) is 22.4. The third-order valence-electron chi connectivity index (χ3n) is 7.64. The number of rotatable bonds is 7. The molecule has 1 aliphatic carbocycles. The molecule has 0 bridgehead atoms. The van der Waals surface area contributed by atoms with E-state index in [1.165, 1.54) is 22.3 Å². The van der Waals surface area contributed by atoms with E-state index in [0.29, 0.717) is 41.0 Å². The van der Waals surface area contributed by atoms with Gasteiger partial charge < -0.3 is 19.8 Å². The van der Waals surface area contributed by atoms with Crippen LogP contribution in [0.15, 0.2) is 21.8 Å². The van der Waals surface area contributed by atoms with Gasteiger partial charge in [0, 0.05) is 59.8 Å². The van der Waals surface area contributed by atoms with Crippen molar-refractivity contribution in [2.75, 3.05) is 19.6 Å². The summed E-state index contributed by atoms with van der Waals surface area (Å²) >= 11 is 8.01. The number of benzene rings is 1. The number of aromatic nitrogens is 1. The minimum atomic E-state index is -3.26. The van der Waals surface area contributed by atoms with Crippen molar-refractivity contribution in [2.24, 2.45) is 5.92 Å². The third kappa shape index (κ3) is 5.57. The van der Waals surface area contributed by atoms with Crippen molar-refractivity contribution >= 4 is 39.3 Å². The predicted molar refractivity (Wildman–Crippen MR) is 149 cm³/mol. The number of nitrogens with zero attached hydrogens (tertiary/aromatic N) is 1. The van der Waals surface area contributed by atoms with Gasteiger partial charge in [-0.25, -0.2) is 12.7 Å². The summed E-state index contributed by atoms with van der Waals surface area (Å²) in [5, 5.41) is 3.11. The lowest BCUT2D eigenvalue weighted by molar-refractivity contribution is -0.122. The van der Waals surface area contributed by atoms with Crippen molar-refractivity contribution in [3.63, 3.8) is 0 Å². The fraction of sp³-hybridized carbons (Fsp3) is 0.538. The Hall–Kier alpha value is -2.21. The molecule has 0 radical (unpaired) electrons. The van der Waals surface area contributed by atoms with E-state index in [0.717, 1.165) is 23.4 Å². The first kappa shape index (κ1) is 28.8. The number of H-pyrrole nitrogens is 1. The van der Waals surface area contributed by atoms with Gasteiger partial charge in [-0.1, -0.05) is 11.6 Å². The lowest BCUT2D eigenvalue weighted by Crippen LogP contribution is -2.47. The van der Waals surface area contributed by atoms with Gasteiger partial charge in [0.05, 0.1) is 11.3 Å². The van der Waals surface area contributed by atoms with E-state index in [-0.39, 0.29) is 35.0 Å². The lowest BCUT2D eigenvalue weighted by Gasteiger charge is -2.39. The highest BCUT2D eigenvalue weighted by atomic mass is 35.5. The van der Waals surface area contributed by atoms with Crippen LogP contribution in [0.4, 0.5) is 0 Å². The summed E-state index contributed by atoms with van der Waals surface area (Å²) in [6.45, 7) is 5.53. The highest BCUT2D eigenvalue weighted by Crippen LogP contribution is 2.51. The maximum atomic E-state index is 13.2.